The van der Waals surface area contributed by atoms with Crippen LogP contribution >= 0.6 is 0 Å². The second-order valence-electron chi connectivity index (χ2n) is 14.6. The summed E-state index contributed by atoms with van der Waals surface area (Å²) >= 11 is 0. The van der Waals surface area contributed by atoms with Gasteiger partial charge < -0.3 is 29.1 Å². The van der Waals surface area contributed by atoms with Crippen molar-refractivity contribution in [1.82, 2.24) is 0 Å². The minimum absolute atomic E-state index is 0.798. The molecule has 0 unspecified atom stereocenters. The zero-order valence-corrected chi connectivity index (χ0v) is 34.7. The van der Waals surface area contributed by atoms with Gasteiger partial charge in [0.15, 0.2) is 0 Å². The maximum atomic E-state index is 5.58. The molecule has 9 aromatic rings. The molecule has 0 radical (unpaired) electrons. The molecular weight excluding hydrogens is 761 g/mol. The molecule has 0 amide bonds. The van der Waals surface area contributed by atoms with Crippen molar-refractivity contribution in [3.8, 4) is 11.5 Å². The molecule has 0 N–H and O–H groups in total. The molecule has 0 heterocycles. The molecule has 0 spiro atoms. The Labute approximate surface area is 364 Å². The molecule has 0 bridgehead atoms. The second kappa shape index (κ2) is 18.4. The van der Waals surface area contributed by atoms with Crippen LogP contribution in [-0.2, 0) is 0 Å². The molecule has 9 aromatic carbocycles. The molecule has 0 aromatic heterocycles. The molecule has 9 rings (SSSR count). The smallest absolute Gasteiger partial charge is 0.119 e. The lowest BCUT2D eigenvalue weighted by Crippen LogP contribution is -2.14. The van der Waals surface area contributed by atoms with Crippen molar-refractivity contribution in [1.29, 1.82) is 0 Å². The van der Waals surface area contributed by atoms with Crippen LogP contribution in [0.25, 0.3) is 0 Å². The summed E-state index contributed by atoms with van der Waals surface area (Å²) in [5.74, 6) is 1.60. The topological polar surface area (TPSA) is 31.4 Å². The van der Waals surface area contributed by atoms with Gasteiger partial charge in [-0.05, 0) is 164 Å². The molecule has 0 aliphatic carbocycles. The molecule has 302 valence electrons. The molecule has 6 nitrogen and oxygen atoms in total. The summed E-state index contributed by atoms with van der Waals surface area (Å²) in [6, 6.07) is 84.6. The van der Waals surface area contributed by atoms with Gasteiger partial charge in [0.2, 0.25) is 0 Å². The number of hydrogen-bond acceptors (Lipinski definition) is 6. The van der Waals surface area contributed by atoms with Gasteiger partial charge in [0.25, 0.3) is 0 Å². The van der Waals surface area contributed by atoms with Crippen molar-refractivity contribution in [3.63, 3.8) is 0 Å². The molecular formula is C56H46N4O2. The SMILES string of the molecule is COc1ccc(N(c2ccc(N(c3ccccc3)c3ccccc3)cc2)c2cccc(N(c3ccc(OC)cc3)c3ccc(N(c4ccccc4)c4ccccc4)cc3)c2)cc1. The van der Waals surface area contributed by atoms with Gasteiger partial charge in [0.1, 0.15) is 11.5 Å². The predicted octanol–water partition coefficient (Wildman–Crippen LogP) is 15.6. The van der Waals surface area contributed by atoms with Gasteiger partial charge in [0, 0.05) is 68.2 Å². The first kappa shape index (κ1) is 39.3. The number of ether oxygens (including phenoxy) is 2. The Morgan fingerprint density at radius 2 is 0.403 bits per heavy atom. The van der Waals surface area contributed by atoms with Crippen molar-refractivity contribution in [3.05, 3.63) is 243 Å². The normalized spacial score (nSPS) is 10.7. The summed E-state index contributed by atoms with van der Waals surface area (Å²) in [7, 11) is 3.39. The first-order chi connectivity index (χ1) is 30.7. The quantitative estimate of drug-likeness (QED) is 0.109. The van der Waals surface area contributed by atoms with Crippen LogP contribution in [0.4, 0.5) is 68.2 Å². The second-order valence-corrected chi connectivity index (χ2v) is 14.6. The molecule has 62 heavy (non-hydrogen) atoms. The van der Waals surface area contributed by atoms with Gasteiger partial charge in [-0.2, -0.15) is 0 Å². The maximum absolute atomic E-state index is 5.58. The molecule has 0 atom stereocenters. The molecule has 0 aliphatic rings. The van der Waals surface area contributed by atoms with Crippen LogP contribution in [0.15, 0.2) is 243 Å². The van der Waals surface area contributed by atoms with Crippen LogP contribution in [0.5, 0.6) is 11.5 Å². The third-order valence-corrected chi connectivity index (χ3v) is 10.8. The van der Waals surface area contributed by atoms with Gasteiger partial charge in [-0.25, -0.2) is 0 Å². The monoisotopic (exact) mass is 806 g/mol. The number of hydrogen-bond donors (Lipinski definition) is 0. The van der Waals surface area contributed by atoms with E-state index in [1.54, 1.807) is 14.2 Å². The Morgan fingerprint density at radius 1 is 0.210 bits per heavy atom. The Kier molecular flexibility index (Phi) is 11.6. The van der Waals surface area contributed by atoms with Crippen molar-refractivity contribution in [2.45, 2.75) is 0 Å². The Hall–Kier alpha value is -8.22. The first-order valence-electron chi connectivity index (χ1n) is 20.7. The summed E-state index contributed by atoms with van der Waals surface area (Å²) in [5, 5.41) is 0. The van der Waals surface area contributed by atoms with E-state index in [0.29, 0.717) is 0 Å². The lowest BCUT2D eigenvalue weighted by atomic mass is 10.1. The van der Waals surface area contributed by atoms with Crippen molar-refractivity contribution >= 4 is 68.2 Å². The van der Waals surface area contributed by atoms with E-state index in [4.69, 9.17) is 9.47 Å². The summed E-state index contributed by atoms with van der Waals surface area (Å²) in [6.07, 6.45) is 0. The zero-order chi connectivity index (χ0) is 42.1. The highest BCUT2D eigenvalue weighted by molar-refractivity contribution is 5.86. The van der Waals surface area contributed by atoms with Crippen LogP contribution in [0.1, 0.15) is 0 Å². The fourth-order valence-corrected chi connectivity index (χ4v) is 7.83. The average Bonchev–Trinajstić information content (AvgIpc) is 3.35. The highest BCUT2D eigenvalue weighted by Gasteiger charge is 2.20. The third-order valence-electron chi connectivity index (χ3n) is 10.8. The van der Waals surface area contributed by atoms with Crippen molar-refractivity contribution < 1.29 is 9.47 Å². The minimum Gasteiger partial charge on any atom is -0.497 e. The van der Waals surface area contributed by atoms with E-state index in [2.05, 4.69) is 214 Å². The molecule has 0 aliphatic heterocycles. The summed E-state index contributed by atoms with van der Waals surface area (Å²) < 4.78 is 11.2. The number of para-hydroxylation sites is 4. The summed E-state index contributed by atoms with van der Waals surface area (Å²) in [4.78, 5) is 9.13. The van der Waals surface area contributed by atoms with Gasteiger partial charge >= 0.3 is 0 Å². The van der Waals surface area contributed by atoms with Crippen LogP contribution in [0.2, 0.25) is 0 Å². The van der Waals surface area contributed by atoms with E-state index >= 15 is 0 Å². The Morgan fingerprint density at radius 3 is 0.645 bits per heavy atom. The van der Waals surface area contributed by atoms with Crippen LogP contribution in [-0.4, -0.2) is 14.2 Å². The van der Waals surface area contributed by atoms with Crippen LogP contribution < -0.4 is 29.1 Å². The lowest BCUT2D eigenvalue weighted by Gasteiger charge is -2.31. The molecule has 0 saturated heterocycles. The van der Waals surface area contributed by atoms with Gasteiger partial charge in [-0.3, -0.25) is 0 Å². The predicted molar refractivity (Wildman–Crippen MR) is 258 cm³/mol. The van der Waals surface area contributed by atoms with E-state index in [1.807, 2.05) is 48.5 Å². The Bertz CT molecular complexity index is 2510. The largest absolute Gasteiger partial charge is 0.497 e. The van der Waals surface area contributed by atoms with Crippen molar-refractivity contribution in [2.75, 3.05) is 33.8 Å². The van der Waals surface area contributed by atoms with Gasteiger partial charge in [-0.1, -0.05) is 78.9 Å². The Balaban J connectivity index is 1.13. The standard InChI is InChI=1S/C56H46N4O2/c1-61-55-38-34-51(35-39-55)59(49-30-26-47(27-31-49)57(43-16-7-3-8-17-43)44-18-9-4-10-19-44)53-24-15-25-54(42-53)60(52-36-40-56(62-2)41-37-52)50-32-28-48(29-33-50)58(45-20-11-5-12-21-45)46-22-13-6-14-23-46/h3-42H,1-2H3. The minimum atomic E-state index is 0.798. The van der Waals surface area contributed by atoms with E-state index in [0.717, 1.165) is 79.7 Å². The number of anilines is 12. The number of benzene rings is 9. The number of nitrogens with zero attached hydrogens (tertiary/aromatic N) is 4. The molecule has 0 fully saturated rings. The van der Waals surface area contributed by atoms with Crippen LogP contribution in [0, 0.1) is 0 Å². The summed E-state index contributed by atoms with van der Waals surface area (Å²) in [6.45, 7) is 0. The fraction of sp³-hybridized carbons (Fsp3) is 0.0357. The zero-order valence-electron chi connectivity index (χ0n) is 34.7. The maximum Gasteiger partial charge on any atom is 0.119 e. The van der Waals surface area contributed by atoms with E-state index in [-0.39, 0.29) is 0 Å². The van der Waals surface area contributed by atoms with Gasteiger partial charge in [0.05, 0.1) is 14.2 Å². The average molecular weight is 807 g/mol. The first-order valence-corrected chi connectivity index (χ1v) is 20.7. The van der Waals surface area contributed by atoms with E-state index < -0.39 is 0 Å². The highest BCUT2D eigenvalue weighted by atomic mass is 16.5. The molecule has 6 heteroatoms. The number of methoxy groups -OCH3 is 2. The fourth-order valence-electron chi connectivity index (χ4n) is 7.83. The van der Waals surface area contributed by atoms with Crippen LogP contribution in [0.3, 0.4) is 0 Å². The molecule has 0 saturated carbocycles. The van der Waals surface area contributed by atoms with E-state index in [9.17, 15) is 0 Å². The highest BCUT2D eigenvalue weighted by Crippen LogP contribution is 2.44. The van der Waals surface area contributed by atoms with E-state index in [1.165, 1.54) is 0 Å². The van der Waals surface area contributed by atoms with Crippen molar-refractivity contribution in [2.24, 2.45) is 0 Å². The van der Waals surface area contributed by atoms with Gasteiger partial charge in [-0.15, -0.1) is 0 Å². The summed E-state index contributed by atoms with van der Waals surface area (Å²) in [5.41, 5.74) is 12.5. The number of rotatable bonds is 14. The third kappa shape index (κ3) is 8.44. The lowest BCUT2D eigenvalue weighted by molar-refractivity contribution is 0.414.